The first-order chi connectivity index (χ1) is 11.9. The van der Waals surface area contributed by atoms with Crippen LogP contribution in [0.2, 0.25) is 0 Å². The van der Waals surface area contributed by atoms with Gasteiger partial charge in [0.15, 0.2) is 0 Å². The van der Waals surface area contributed by atoms with Crippen LogP contribution in [0.5, 0.6) is 0 Å². The van der Waals surface area contributed by atoms with Gasteiger partial charge >= 0.3 is 0 Å². The van der Waals surface area contributed by atoms with E-state index in [2.05, 4.69) is 48.5 Å². The summed E-state index contributed by atoms with van der Waals surface area (Å²) in [6.45, 7) is 0. The molecule has 1 aromatic heterocycles. The van der Waals surface area contributed by atoms with Gasteiger partial charge in [-0.05, 0) is 74.6 Å². The number of rotatable bonds is 0. The number of fused-ring (bicyclic) bond motifs is 9. The van der Waals surface area contributed by atoms with Crippen LogP contribution < -0.4 is 0 Å². The highest BCUT2D eigenvalue weighted by Gasteiger charge is 2.09. The molecule has 0 saturated carbocycles. The molecule has 3 aromatic rings. The van der Waals surface area contributed by atoms with Crippen molar-refractivity contribution in [2.24, 2.45) is 0 Å². The van der Waals surface area contributed by atoms with Crippen LogP contribution in [-0.2, 0) is 25.7 Å². The van der Waals surface area contributed by atoms with Gasteiger partial charge in [0.1, 0.15) is 0 Å². The Hall–Kier alpha value is -2.22. The van der Waals surface area contributed by atoms with Crippen molar-refractivity contribution in [3.05, 3.63) is 71.0 Å². The summed E-state index contributed by atoms with van der Waals surface area (Å²) < 4.78 is 0. The molecule has 2 heteroatoms. The quantitative estimate of drug-likeness (QED) is 0.578. The fourth-order valence-corrected chi connectivity index (χ4v) is 3.59. The van der Waals surface area contributed by atoms with Crippen LogP contribution in [0.25, 0.3) is 11.0 Å². The van der Waals surface area contributed by atoms with E-state index in [0.717, 1.165) is 36.7 Å². The Morgan fingerprint density at radius 1 is 0.500 bits per heavy atom. The average Bonchev–Trinajstić information content (AvgIpc) is 2.63. The van der Waals surface area contributed by atoms with Gasteiger partial charge in [0.05, 0.1) is 22.4 Å². The second kappa shape index (κ2) is 7.12. The van der Waals surface area contributed by atoms with E-state index in [1.54, 1.807) is 0 Å². The molecule has 0 saturated heterocycles. The van der Waals surface area contributed by atoms with Crippen LogP contribution in [-0.4, -0.2) is 9.97 Å². The molecule has 122 valence electrons. The van der Waals surface area contributed by atoms with E-state index in [-0.39, 0.29) is 0 Å². The van der Waals surface area contributed by atoms with Crippen LogP contribution in [0.4, 0.5) is 0 Å². The van der Waals surface area contributed by atoms with Crippen molar-refractivity contribution in [2.45, 2.75) is 51.4 Å². The van der Waals surface area contributed by atoms with Gasteiger partial charge in [0.25, 0.3) is 0 Å². The normalized spacial score (nSPS) is 15.8. The van der Waals surface area contributed by atoms with Crippen molar-refractivity contribution >= 4 is 11.0 Å². The maximum atomic E-state index is 4.93. The van der Waals surface area contributed by atoms with Crippen LogP contribution >= 0.6 is 0 Å². The largest absolute Gasteiger partial charge is 0.249 e. The lowest BCUT2D eigenvalue weighted by molar-refractivity contribution is 0.684. The first kappa shape index (κ1) is 15.3. The Balaban J connectivity index is 1.60. The highest BCUT2D eigenvalue weighted by atomic mass is 14.8. The summed E-state index contributed by atoms with van der Waals surface area (Å²) in [5.41, 5.74) is 7.43. The Morgan fingerprint density at radius 2 is 0.917 bits per heavy atom. The highest BCUT2D eigenvalue weighted by Crippen LogP contribution is 2.19. The summed E-state index contributed by atoms with van der Waals surface area (Å²) in [6.07, 6.45) is 9.22. The zero-order chi connectivity index (χ0) is 16.2. The summed E-state index contributed by atoms with van der Waals surface area (Å²) in [5.74, 6) is 0. The molecule has 2 aliphatic rings. The minimum atomic E-state index is 1.03. The third-order valence-corrected chi connectivity index (χ3v) is 5.01. The summed E-state index contributed by atoms with van der Waals surface area (Å²) in [5, 5.41) is 0. The molecule has 2 bridgehead atoms. The highest BCUT2D eigenvalue weighted by molar-refractivity contribution is 5.74. The first-order valence-corrected chi connectivity index (χ1v) is 9.21. The number of benzene rings is 2. The minimum Gasteiger partial charge on any atom is -0.249 e. The third kappa shape index (κ3) is 3.48. The van der Waals surface area contributed by atoms with Crippen molar-refractivity contribution in [1.29, 1.82) is 0 Å². The first-order valence-electron chi connectivity index (χ1n) is 9.21. The van der Waals surface area contributed by atoms with Gasteiger partial charge in [-0.15, -0.1) is 0 Å². The molecule has 0 N–H and O–H groups in total. The fourth-order valence-electron chi connectivity index (χ4n) is 3.59. The molecule has 2 aliphatic carbocycles. The van der Waals surface area contributed by atoms with Crippen molar-refractivity contribution in [2.75, 3.05) is 0 Å². The summed E-state index contributed by atoms with van der Waals surface area (Å²) in [6, 6.07) is 17.5. The average molecular weight is 316 g/mol. The maximum absolute atomic E-state index is 4.93. The van der Waals surface area contributed by atoms with Crippen molar-refractivity contribution in [1.82, 2.24) is 9.97 Å². The van der Waals surface area contributed by atoms with Gasteiger partial charge in [0.2, 0.25) is 0 Å². The number of hydrogen-bond donors (Lipinski definition) is 0. The van der Waals surface area contributed by atoms with E-state index in [9.17, 15) is 0 Å². The number of aryl methyl sites for hydroxylation is 4. The number of para-hydroxylation sites is 2. The predicted octanol–water partition coefficient (Wildman–Crippen LogP) is 5.07. The monoisotopic (exact) mass is 316 g/mol. The van der Waals surface area contributed by atoms with E-state index < -0.39 is 0 Å². The molecule has 0 atom stereocenters. The Labute approximate surface area is 144 Å². The Bertz CT molecular complexity index is 751. The molecule has 0 spiro atoms. The van der Waals surface area contributed by atoms with Crippen molar-refractivity contribution in [3.8, 4) is 0 Å². The molecule has 0 radical (unpaired) electrons. The zero-order valence-corrected chi connectivity index (χ0v) is 14.2. The summed E-state index contributed by atoms with van der Waals surface area (Å²) in [4.78, 5) is 9.86. The van der Waals surface area contributed by atoms with Gasteiger partial charge in [0, 0.05) is 0 Å². The zero-order valence-electron chi connectivity index (χ0n) is 14.2. The minimum absolute atomic E-state index is 1.03. The van der Waals surface area contributed by atoms with Crippen LogP contribution in [0.15, 0.2) is 48.5 Å². The summed E-state index contributed by atoms with van der Waals surface area (Å²) in [7, 11) is 0. The van der Waals surface area contributed by atoms with Gasteiger partial charge < -0.3 is 0 Å². The van der Waals surface area contributed by atoms with E-state index in [0.29, 0.717) is 0 Å². The lowest BCUT2D eigenvalue weighted by atomic mass is 9.99. The number of aromatic nitrogens is 2. The standard InChI is InChI=1S/C22H24N2/c1-3-9-19-20(24-22-12-6-5-11-21(22)23-19)10-4-2-8-18-15-13-17(7-1)14-16-18/h5-6,11-16H,1-4,7-10H2. The molecule has 1 heterocycles. The molecule has 24 heavy (non-hydrogen) atoms. The van der Waals surface area contributed by atoms with Gasteiger partial charge in [-0.1, -0.05) is 36.4 Å². The molecule has 0 amide bonds. The molecule has 2 nitrogen and oxygen atoms in total. The van der Waals surface area contributed by atoms with Gasteiger partial charge in [-0.3, -0.25) is 0 Å². The molecular formula is C22H24N2. The maximum Gasteiger partial charge on any atom is 0.0890 e. The molecule has 0 aliphatic heterocycles. The molecule has 0 fully saturated rings. The third-order valence-electron chi connectivity index (χ3n) is 5.01. The van der Waals surface area contributed by atoms with E-state index in [1.807, 2.05) is 0 Å². The molecular weight excluding hydrogens is 292 g/mol. The van der Waals surface area contributed by atoms with E-state index >= 15 is 0 Å². The van der Waals surface area contributed by atoms with E-state index in [1.165, 1.54) is 48.2 Å². The lowest BCUT2D eigenvalue weighted by Crippen LogP contribution is -2.04. The molecule has 0 unspecified atom stereocenters. The predicted molar refractivity (Wildman–Crippen MR) is 99.3 cm³/mol. The van der Waals surface area contributed by atoms with Crippen LogP contribution in [0.1, 0.15) is 48.2 Å². The van der Waals surface area contributed by atoms with Gasteiger partial charge in [-0.2, -0.15) is 0 Å². The van der Waals surface area contributed by atoms with Crippen LogP contribution in [0.3, 0.4) is 0 Å². The molecule has 2 aromatic carbocycles. The second-order valence-corrected chi connectivity index (χ2v) is 6.84. The Kier molecular flexibility index (Phi) is 4.55. The van der Waals surface area contributed by atoms with Crippen LogP contribution in [0, 0.1) is 0 Å². The SMILES string of the molecule is c1ccc2nc3c(nc2c1)CCCCc1ccc(cc1)CCCC3. The van der Waals surface area contributed by atoms with Crippen molar-refractivity contribution in [3.63, 3.8) is 0 Å². The summed E-state index contributed by atoms with van der Waals surface area (Å²) >= 11 is 0. The number of nitrogens with zero attached hydrogens (tertiary/aromatic N) is 2. The lowest BCUT2D eigenvalue weighted by Gasteiger charge is -2.11. The van der Waals surface area contributed by atoms with E-state index in [4.69, 9.17) is 9.97 Å². The smallest absolute Gasteiger partial charge is 0.0890 e. The Morgan fingerprint density at radius 3 is 1.38 bits per heavy atom. The van der Waals surface area contributed by atoms with Crippen molar-refractivity contribution < 1.29 is 0 Å². The fraction of sp³-hybridized carbons (Fsp3) is 0.364. The number of hydrogen-bond acceptors (Lipinski definition) is 2. The van der Waals surface area contributed by atoms with Gasteiger partial charge in [-0.25, -0.2) is 9.97 Å². The second-order valence-electron chi connectivity index (χ2n) is 6.84. The molecule has 5 rings (SSSR count). The topological polar surface area (TPSA) is 25.8 Å².